The zero-order valence-electron chi connectivity index (χ0n) is 10.6. The van der Waals surface area contributed by atoms with E-state index < -0.39 is 12.0 Å². The van der Waals surface area contributed by atoms with Crippen molar-refractivity contribution in [1.29, 1.82) is 0 Å². The monoisotopic (exact) mass is 242 g/mol. The number of hydrogen-bond acceptors (Lipinski definition) is 3. The molecule has 0 aromatic rings. The number of likely N-dealkylation sites (tertiary alicyclic amines) is 1. The fourth-order valence-electron chi connectivity index (χ4n) is 2.46. The van der Waals surface area contributed by atoms with Crippen molar-refractivity contribution in [3.63, 3.8) is 0 Å². The van der Waals surface area contributed by atoms with E-state index >= 15 is 0 Å². The van der Waals surface area contributed by atoms with Crippen LogP contribution in [0.4, 0.5) is 0 Å². The number of nitrogens with zero attached hydrogens (tertiary/aromatic N) is 1. The molecule has 1 heterocycles. The van der Waals surface area contributed by atoms with Crippen molar-refractivity contribution < 1.29 is 14.7 Å². The van der Waals surface area contributed by atoms with Gasteiger partial charge in [0.1, 0.15) is 0 Å². The van der Waals surface area contributed by atoms with E-state index in [1.54, 1.807) is 4.90 Å². The molecule has 5 heteroatoms. The van der Waals surface area contributed by atoms with Crippen LogP contribution in [0.5, 0.6) is 0 Å². The standard InChI is InChI=1S/C12H22N2O3/c1-3-12(4-2)5-6-14(8-12)11(17)9(13)7-10(15)16/h9H,3-8,13H2,1-2H3,(H,15,16). The van der Waals surface area contributed by atoms with Gasteiger partial charge in [-0.3, -0.25) is 9.59 Å². The van der Waals surface area contributed by atoms with Gasteiger partial charge in [-0.15, -0.1) is 0 Å². The molecule has 1 unspecified atom stereocenters. The maximum absolute atomic E-state index is 11.9. The molecule has 1 amide bonds. The minimum absolute atomic E-state index is 0.207. The van der Waals surface area contributed by atoms with Crippen LogP contribution < -0.4 is 5.73 Å². The molecule has 1 atom stereocenters. The largest absolute Gasteiger partial charge is 0.481 e. The molecule has 98 valence electrons. The van der Waals surface area contributed by atoms with E-state index in [1.807, 2.05) is 0 Å². The Morgan fingerprint density at radius 2 is 2.00 bits per heavy atom. The Balaban J connectivity index is 2.58. The summed E-state index contributed by atoms with van der Waals surface area (Å²) in [6.07, 6.45) is 2.79. The first-order valence-electron chi connectivity index (χ1n) is 6.20. The molecule has 0 radical (unpaired) electrons. The van der Waals surface area contributed by atoms with Gasteiger partial charge >= 0.3 is 5.97 Å². The van der Waals surface area contributed by atoms with Gasteiger partial charge < -0.3 is 15.7 Å². The van der Waals surface area contributed by atoms with E-state index in [0.717, 1.165) is 19.3 Å². The van der Waals surface area contributed by atoms with Gasteiger partial charge in [0.25, 0.3) is 0 Å². The van der Waals surface area contributed by atoms with Crippen LogP contribution in [0, 0.1) is 5.41 Å². The Kier molecular flexibility index (Phi) is 4.51. The number of carbonyl (C=O) groups is 2. The lowest BCUT2D eigenvalue weighted by Crippen LogP contribution is -2.44. The summed E-state index contributed by atoms with van der Waals surface area (Å²) in [6, 6.07) is -0.906. The summed E-state index contributed by atoms with van der Waals surface area (Å²) in [5, 5.41) is 8.62. The Labute approximate surface area is 102 Å². The van der Waals surface area contributed by atoms with Gasteiger partial charge in [0.15, 0.2) is 0 Å². The van der Waals surface area contributed by atoms with Crippen LogP contribution in [-0.4, -0.2) is 41.0 Å². The SMILES string of the molecule is CCC1(CC)CCN(C(=O)C(N)CC(=O)O)C1. The first-order valence-corrected chi connectivity index (χ1v) is 6.20. The molecule has 1 aliphatic heterocycles. The Hall–Kier alpha value is -1.10. The van der Waals surface area contributed by atoms with Crippen LogP contribution in [-0.2, 0) is 9.59 Å². The van der Waals surface area contributed by atoms with E-state index in [2.05, 4.69) is 13.8 Å². The fraction of sp³-hybridized carbons (Fsp3) is 0.833. The Morgan fingerprint density at radius 1 is 1.41 bits per heavy atom. The molecule has 1 rings (SSSR count). The second-order valence-corrected chi connectivity index (χ2v) is 4.92. The summed E-state index contributed by atoms with van der Waals surface area (Å²) in [5.41, 5.74) is 5.80. The van der Waals surface area contributed by atoms with Crippen molar-refractivity contribution in [2.45, 2.75) is 45.6 Å². The van der Waals surface area contributed by atoms with Crippen LogP contribution in [0.15, 0.2) is 0 Å². The van der Waals surface area contributed by atoms with Crippen LogP contribution >= 0.6 is 0 Å². The molecular weight excluding hydrogens is 220 g/mol. The zero-order valence-corrected chi connectivity index (χ0v) is 10.6. The zero-order chi connectivity index (χ0) is 13.1. The molecule has 1 fully saturated rings. The smallest absolute Gasteiger partial charge is 0.305 e. The average Bonchev–Trinajstić information content (AvgIpc) is 2.72. The summed E-state index contributed by atoms with van der Waals surface area (Å²) >= 11 is 0. The normalized spacial score (nSPS) is 20.3. The predicted molar refractivity (Wildman–Crippen MR) is 64.4 cm³/mol. The molecule has 17 heavy (non-hydrogen) atoms. The molecule has 0 aliphatic carbocycles. The number of rotatable bonds is 5. The highest BCUT2D eigenvalue weighted by molar-refractivity contribution is 5.86. The third kappa shape index (κ3) is 3.19. The molecule has 0 aromatic heterocycles. The fourth-order valence-corrected chi connectivity index (χ4v) is 2.46. The van der Waals surface area contributed by atoms with Crippen molar-refractivity contribution in [3.8, 4) is 0 Å². The minimum atomic E-state index is -1.03. The number of carboxylic acid groups (broad SMARTS) is 1. The highest BCUT2D eigenvalue weighted by Gasteiger charge is 2.38. The first-order chi connectivity index (χ1) is 7.94. The molecule has 0 bridgehead atoms. The van der Waals surface area contributed by atoms with Gasteiger partial charge in [0, 0.05) is 13.1 Å². The van der Waals surface area contributed by atoms with Gasteiger partial charge in [0.2, 0.25) is 5.91 Å². The van der Waals surface area contributed by atoms with E-state index in [9.17, 15) is 9.59 Å². The van der Waals surface area contributed by atoms with Crippen LogP contribution in [0.3, 0.4) is 0 Å². The van der Waals surface area contributed by atoms with Gasteiger partial charge in [-0.1, -0.05) is 13.8 Å². The average molecular weight is 242 g/mol. The molecule has 0 saturated carbocycles. The molecule has 3 N–H and O–H groups in total. The maximum Gasteiger partial charge on any atom is 0.305 e. The number of nitrogens with two attached hydrogens (primary N) is 1. The summed E-state index contributed by atoms with van der Waals surface area (Å²) in [7, 11) is 0. The van der Waals surface area contributed by atoms with Crippen molar-refractivity contribution in [1.82, 2.24) is 4.90 Å². The molecule has 0 aromatic carbocycles. The van der Waals surface area contributed by atoms with Crippen molar-refractivity contribution in [2.24, 2.45) is 11.1 Å². The number of carboxylic acids is 1. The summed E-state index contributed by atoms with van der Waals surface area (Å²) in [6.45, 7) is 5.68. The maximum atomic E-state index is 11.9. The summed E-state index contributed by atoms with van der Waals surface area (Å²) in [5.74, 6) is -1.25. The number of carbonyl (C=O) groups excluding carboxylic acids is 1. The van der Waals surface area contributed by atoms with Gasteiger partial charge in [-0.05, 0) is 24.7 Å². The van der Waals surface area contributed by atoms with Gasteiger partial charge in [-0.2, -0.15) is 0 Å². The van der Waals surface area contributed by atoms with Crippen molar-refractivity contribution in [3.05, 3.63) is 0 Å². The Morgan fingerprint density at radius 3 is 2.41 bits per heavy atom. The van der Waals surface area contributed by atoms with E-state index in [1.165, 1.54) is 0 Å². The quantitative estimate of drug-likeness (QED) is 0.748. The molecule has 0 spiro atoms. The third-order valence-electron chi connectivity index (χ3n) is 3.96. The second-order valence-electron chi connectivity index (χ2n) is 4.92. The second kappa shape index (κ2) is 5.49. The van der Waals surface area contributed by atoms with Crippen LogP contribution in [0.25, 0.3) is 0 Å². The van der Waals surface area contributed by atoms with Gasteiger partial charge in [-0.25, -0.2) is 0 Å². The predicted octanol–water partition coefficient (Wildman–Crippen LogP) is 0.827. The number of hydrogen-bond donors (Lipinski definition) is 2. The summed E-state index contributed by atoms with van der Waals surface area (Å²) in [4.78, 5) is 24.2. The van der Waals surface area contributed by atoms with E-state index in [-0.39, 0.29) is 17.7 Å². The Bertz CT molecular complexity index is 300. The highest BCUT2D eigenvalue weighted by atomic mass is 16.4. The van der Waals surface area contributed by atoms with E-state index in [4.69, 9.17) is 10.8 Å². The minimum Gasteiger partial charge on any atom is -0.481 e. The lowest BCUT2D eigenvalue weighted by Gasteiger charge is -2.27. The molecular formula is C12H22N2O3. The first kappa shape index (κ1) is 14.0. The molecule has 5 nitrogen and oxygen atoms in total. The van der Waals surface area contributed by atoms with Gasteiger partial charge in [0.05, 0.1) is 12.5 Å². The topological polar surface area (TPSA) is 83.6 Å². The van der Waals surface area contributed by atoms with E-state index in [0.29, 0.717) is 13.1 Å². The molecule has 1 aliphatic rings. The number of amides is 1. The van der Waals surface area contributed by atoms with Crippen molar-refractivity contribution >= 4 is 11.9 Å². The van der Waals surface area contributed by atoms with Crippen LogP contribution in [0.2, 0.25) is 0 Å². The lowest BCUT2D eigenvalue weighted by atomic mass is 9.82. The molecule has 1 saturated heterocycles. The highest BCUT2D eigenvalue weighted by Crippen LogP contribution is 2.37. The summed E-state index contributed by atoms with van der Waals surface area (Å²) < 4.78 is 0. The third-order valence-corrected chi connectivity index (χ3v) is 3.96. The van der Waals surface area contributed by atoms with Crippen molar-refractivity contribution in [2.75, 3.05) is 13.1 Å². The van der Waals surface area contributed by atoms with Crippen LogP contribution in [0.1, 0.15) is 39.5 Å². The lowest BCUT2D eigenvalue weighted by molar-refractivity contribution is -0.141. The number of aliphatic carboxylic acids is 1.